The molecule has 5 N–H and O–H groups in total. The summed E-state index contributed by atoms with van der Waals surface area (Å²) in [6.45, 7) is 5.87. The lowest BCUT2D eigenvalue weighted by molar-refractivity contribution is -0.170. The normalized spacial score (nSPS) is 28.6. The summed E-state index contributed by atoms with van der Waals surface area (Å²) in [4.78, 5) is 30.2. The summed E-state index contributed by atoms with van der Waals surface area (Å²) in [5, 5.41) is 11.4. The van der Waals surface area contributed by atoms with Crippen molar-refractivity contribution < 1.29 is 28.5 Å². The van der Waals surface area contributed by atoms with E-state index in [9.17, 15) is 14.7 Å². The number of nitrogens with two attached hydrogens (primary N) is 2. The number of aliphatic imine (C=N–C) groups is 1. The van der Waals surface area contributed by atoms with Crippen molar-refractivity contribution in [2.45, 2.75) is 88.6 Å². The van der Waals surface area contributed by atoms with Crippen LogP contribution in [0.2, 0.25) is 0 Å². The predicted octanol–water partition coefficient (Wildman–Crippen LogP) is 2.74. The van der Waals surface area contributed by atoms with E-state index < -0.39 is 23.3 Å². The second kappa shape index (κ2) is 8.69. The number of hydrogen-bond acceptors (Lipinski definition) is 8. The Kier molecular flexibility index (Phi) is 5.89. The molecule has 3 aliphatic heterocycles. The third-order valence-electron chi connectivity index (χ3n) is 7.54. The molecule has 36 heavy (non-hydrogen) atoms. The Hall–Kier alpha value is -3.27. The fourth-order valence-electron chi connectivity index (χ4n) is 5.82. The van der Waals surface area contributed by atoms with Gasteiger partial charge in [0, 0.05) is 30.2 Å². The van der Waals surface area contributed by atoms with E-state index in [1.165, 1.54) is 6.07 Å². The largest absolute Gasteiger partial charge is 0.507 e. The van der Waals surface area contributed by atoms with Crippen molar-refractivity contribution in [1.29, 1.82) is 0 Å². The molecular formula is C26H33N3O7. The summed E-state index contributed by atoms with van der Waals surface area (Å²) in [6, 6.07) is 3.01. The molecule has 194 valence electrons. The number of aromatic hydroxyl groups is 1. The van der Waals surface area contributed by atoms with Crippen molar-refractivity contribution in [3.8, 4) is 11.5 Å². The topological polar surface area (TPSA) is 163 Å². The maximum Gasteiger partial charge on any atom is 0.341 e. The van der Waals surface area contributed by atoms with Gasteiger partial charge in [-0.3, -0.25) is 9.79 Å². The van der Waals surface area contributed by atoms with Crippen LogP contribution < -0.4 is 21.6 Å². The van der Waals surface area contributed by atoms with Crippen LogP contribution in [0, 0.1) is 6.92 Å². The summed E-state index contributed by atoms with van der Waals surface area (Å²) < 4.78 is 24.1. The quantitative estimate of drug-likeness (QED) is 0.189. The number of guanidine groups is 1. The molecule has 5 rings (SSSR count). The summed E-state index contributed by atoms with van der Waals surface area (Å²) in [5.41, 5.74) is 9.32. The lowest BCUT2D eigenvalue weighted by atomic mass is 9.77. The van der Waals surface area contributed by atoms with Crippen molar-refractivity contribution in [2.75, 3.05) is 6.54 Å². The molecule has 0 bridgehead atoms. The van der Waals surface area contributed by atoms with Gasteiger partial charge in [-0.05, 0) is 52.9 Å². The molecule has 2 saturated heterocycles. The highest BCUT2D eigenvalue weighted by atomic mass is 16.7. The Morgan fingerprint density at radius 3 is 2.75 bits per heavy atom. The van der Waals surface area contributed by atoms with Crippen LogP contribution in [0.15, 0.2) is 26.3 Å². The lowest BCUT2D eigenvalue weighted by Crippen LogP contribution is -2.52. The van der Waals surface area contributed by atoms with Crippen LogP contribution in [0.4, 0.5) is 0 Å². The molecule has 10 nitrogen and oxygen atoms in total. The highest BCUT2D eigenvalue weighted by Gasteiger charge is 2.64. The first kappa shape index (κ1) is 24.4. The minimum absolute atomic E-state index is 0.0399. The Balaban J connectivity index is 1.47. The van der Waals surface area contributed by atoms with E-state index in [1.807, 2.05) is 13.8 Å². The van der Waals surface area contributed by atoms with Gasteiger partial charge in [0.25, 0.3) is 0 Å². The third kappa shape index (κ3) is 4.07. The molecule has 0 aliphatic carbocycles. The van der Waals surface area contributed by atoms with E-state index in [-0.39, 0.29) is 40.1 Å². The number of epoxide rings is 1. The van der Waals surface area contributed by atoms with E-state index in [0.29, 0.717) is 49.3 Å². The van der Waals surface area contributed by atoms with Gasteiger partial charge in [0.2, 0.25) is 0 Å². The number of fused-ring (bicyclic) bond motifs is 4. The van der Waals surface area contributed by atoms with Gasteiger partial charge in [-0.15, -0.1) is 0 Å². The number of nitrogens with zero attached hydrogens (tertiary/aromatic N) is 1. The van der Waals surface area contributed by atoms with E-state index in [4.69, 9.17) is 30.1 Å². The van der Waals surface area contributed by atoms with Crippen molar-refractivity contribution in [2.24, 2.45) is 16.5 Å². The molecule has 2 fully saturated rings. The second-order valence-electron chi connectivity index (χ2n) is 10.6. The van der Waals surface area contributed by atoms with E-state index in [1.54, 1.807) is 13.0 Å². The maximum absolute atomic E-state index is 13.5. The average Bonchev–Trinajstić information content (AvgIpc) is 3.47. The molecule has 1 aromatic heterocycles. The number of carbonyl (C=O) groups excluding carboxylic acids is 1. The van der Waals surface area contributed by atoms with Crippen LogP contribution in [-0.2, 0) is 14.3 Å². The number of esters is 1. The van der Waals surface area contributed by atoms with Crippen LogP contribution in [0.25, 0.3) is 11.0 Å². The van der Waals surface area contributed by atoms with Crippen molar-refractivity contribution >= 4 is 22.9 Å². The number of carbonyl (C=O) groups is 1. The predicted molar refractivity (Wildman–Crippen MR) is 132 cm³/mol. The monoisotopic (exact) mass is 499 g/mol. The van der Waals surface area contributed by atoms with Gasteiger partial charge in [0.05, 0.1) is 6.10 Å². The molecule has 10 heteroatoms. The molecule has 0 saturated carbocycles. The smallest absolute Gasteiger partial charge is 0.341 e. The first-order valence-corrected chi connectivity index (χ1v) is 12.5. The molecule has 0 unspecified atom stereocenters. The van der Waals surface area contributed by atoms with Gasteiger partial charge in [-0.1, -0.05) is 6.42 Å². The molecule has 4 heterocycles. The number of aryl methyl sites for hydroxylation is 1. The molecule has 1 aromatic carbocycles. The second-order valence-corrected chi connectivity index (χ2v) is 10.6. The highest BCUT2D eigenvalue weighted by Crippen LogP contribution is 2.53. The van der Waals surface area contributed by atoms with Crippen LogP contribution in [-0.4, -0.2) is 47.0 Å². The third-order valence-corrected chi connectivity index (χ3v) is 7.54. The van der Waals surface area contributed by atoms with Crippen LogP contribution >= 0.6 is 0 Å². The zero-order valence-electron chi connectivity index (χ0n) is 20.8. The van der Waals surface area contributed by atoms with E-state index in [0.717, 1.165) is 12.8 Å². The Morgan fingerprint density at radius 1 is 1.22 bits per heavy atom. The zero-order valence-corrected chi connectivity index (χ0v) is 20.8. The van der Waals surface area contributed by atoms with E-state index in [2.05, 4.69) is 4.99 Å². The minimum Gasteiger partial charge on any atom is -0.507 e. The number of phenols is 1. The number of phenolic OH excluding ortho intramolecular Hbond substituents is 1. The zero-order chi connectivity index (χ0) is 25.8. The molecule has 0 amide bonds. The molecular weight excluding hydrogens is 466 g/mol. The average molecular weight is 500 g/mol. The minimum atomic E-state index is -0.979. The van der Waals surface area contributed by atoms with Gasteiger partial charge < -0.3 is 35.2 Å². The van der Waals surface area contributed by atoms with Crippen LogP contribution in [0.5, 0.6) is 11.5 Å². The molecule has 1 spiro atoms. The number of ether oxygens (including phenoxy) is 3. The summed E-state index contributed by atoms with van der Waals surface area (Å²) in [6.07, 6.45) is 3.16. The van der Waals surface area contributed by atoms with Crippen LogP contribution in [0.1, 0.15) is 69.6 Å². The standard InChI is InChI=1S/C26H33N3O7/c1-13-11-15(30)20-16(33-13)12-17-19(21(20)31)14-7-4-5-9-26(18(36-26)8-6-10-29-24(27)28)23(32)34-22(14)25(2,3)35-17/h11-12,14,18,22,31H,4-10H2,1-3H3,(H4,27,28,29)/t14-,18-,22-,26-/m1/s1. The van der Waals surface area contributed by atoms with Gasteiger partial charge in [0.15, 0.2) is 17.0 Å². The first-order valence-electron chi connectivity index (χ1n) is 12.5. The number of rotatable bonds is 4. The summed E-state index contributed by atoms with van der Waals surface area (Å²) in [5.74, 6) is -0.0250. The fourth-order valence-corrected chi connectivity index (χ4v) is 5.82. The van der Waals surface area contributed by atoms with Gasteiger partial charge in [0.1, 0.15) is 39.9 Å². The maximum atomic E-state index is 13.5. The SMILES string of the molecule is Cc1cc(=O)c2c(O)c3c(cc2o1)OC(C)(C)[C@@H]1OC(=O)[C@]2(CCCC[C@H]31)O[C@@H]2CCCN=C(N)N. The Labute approximate surface area is 208 Å². The number of hydrogen-bond donors (Lipinski definition) is 3. The van der Waals surface area contributed by atoms with E-state index >= 15 is 0 Å². The Bertz CT molecular complexity index is 1300. The molecule has 4 atom stereocenters. The molecule has 2 aromatic rings. The first-order chi connectivity index (χ1) is 17.0. The lowest BCUT2D eigenvalue weighted by Gasteiger charge is -2.44. The van der Waals surface area contributed by atoms with Gasteiger partial charge in [-0.2, -0.15) is 0 Å². The van der Waals surface area contributed by atoms with Crippen LogP contribution in [0.3, 0.4) is 0 Å². The summed E-state index contributed by atoms with van der Waals surface area (Å²) >= 11 is 0. The van der Waals surface area contributed by atoms with Gasteiger partial charge in [-0.25, -0.2) is 4.79 Å². The summed E-state index contributed by atoms with van der Waals surface area (Å²) in [7, 11) is 0. The highest BCUT2D eigenvalue weighted by molar-refractivity contribution is 5.88. The molecule has 0 radical (unpaired) electrons. The Morgan fingerprint density at radius 2 is 2.00 bits per heavy atom. The van der Waals surface area contributed by atoms with Crippen molar-refractivity contribution in [3.63, 3.8) is 0 Å². The molecule has 3 aliphatic rings. The number of benzene rings is 1. The van der Waals surface area contributed by atoms with Gasteiger partial charge >= 0.3 is 5.97 Å². The van der Waals surface area contributed by atoms with Crippen molar-refractivity contribution in [1.82, 2.24) is 0 Å². The van der Waals surface area contributed by atoms with Crippen molar-refractivity contribution in [3.05, 3.63) is 33.7 Å². The fraction of sp³-hybridized carbons (Fsp3) is 0.577.